The normalized spacial score (nSPS) is 22.5. The van der Waals surface area contributed by atoms with Crippen molar-refractivity contribution in [2.45, 2.75) is 38.7 Å². The Morgan fingerprint density at radius 1 is 1.46 bits per heavy atom. The number of aromatic nitrogens is 3. The molecule has 1 aliphatic heterocycles. The molecular weight excluding hydrogens is 376 g/mol. The number of carbonyl (C=O) groups is 1. The molecule has 1 aliphatic rings. The Hall–Kier alpha value is -1.74. The van der Waals surface area contributed by atoms with Crippen LogP contribution in [0.15, 0.2) is 24.3 Å². The molecule has 1 saturated heterocycles. The lowest BCUT2D eigenvalue weighted by molar-refractivity contribution is -0.928. The van der Waals surface area contributed by atoms with E-state index in [4.69, 9.17) is 28.6 Å². The highest BCUT2D eigenvalue weighted by molar-refractivity contribution is 7.71. The van der Waals surface area contributed by atoms with E-state index in [2.05, 4.69) is 5.10 Å². The number of aliphatic hydroxyl groups excluding tert-OH is 1. The summed E-state index contributed by atoms with van der Waals surface area (Å²) in [6.07, 6.45) is -0.152. The SMILES string of the molecule is CCn1c(-c2ccc(Cl)cc2)nn(C[NH+]2C[C@@H](O)C[C@H]2C(=O)OC)c1=S. The van der Waals surface area contributed by atoms with E-state index in [-0.39, 0.29) is 5.97 Å². The van der Waals surface area contributed by atoms with Crippen molar-refractivity contribution in [3.05, 3.63) is 34.1 Å². The molecule has 0 spiro atoms. The summed E-state index contributed by atoms with van der Waals surface area (Å²) in [4.78, 5) is 12.9. The van der Waals surface area contributed by atoms with Crippen molar-refractivity contribution in [2.24, 2.45) is 0 Å². The van der Waals surface area contributed by atoms with Crippen LogP contribution in [0.4, 0.5) is 0 Å². The maximum absolute atomic E-state index is 12.0. The van der Waals surface area contributed by atoms with Gasteiger partial charge in [0.2, 0.25) is 4.77 Å². The van der Waals surface area contributed by atoms with E-state index in [1.54, 1.807) is 4.68 Å². The van der Waals surface area contributed by atoms with Gasteiger partial charge in [-0.05, 0) is 43.4 Å². The van der Waals surface area contributed by atoms with Crippen molar-refractivity contribution >= 4 is 29.8 Å². The summed E-state index contributed by atoms with van der Waals surface area (Å²) in [7, 11) is 1.36. The Bertz CT molecular complexity index is 849. The first-order valence-electron chi connectivity index (χ1n) is 8.48. The van der Waals surface area contributed by atoms with E-state index >= 15 is 0 Å². The maximum Gasteiger partial charge on any atom is 0.364 e. The van der Waals surface area contributed by atoms with Gasteiger partial charge in [0.05, 0.1) is 7.11 Å². The molecule has 0 radical (unpaired) electrons. The molecule has 3 atom stereocenters. The van der Waals surface area contributed by atoms with Crippen molar-refractivity contribution in [3.8, 4) is 11.4 Å². The topological polar surface area (TPSA) is 73.7 Å². The highest BCUT2D eigenvalue weighted by atomic mass is 35.5. The molecule has 2 N–H and O–H groups in total. The first-order chi connectivity index (χ1) is 12.4. The van der Waals surface area contributed by atoms with Crippen LogP contribution >= 0.6 is 23.8 Å². The molecule has 1 aromatic carbocycles. The van der Waals surface area contributed by atoms with Gasteiger partial charge in [0.25, 0.3) is 0 Å². The summed E-state index contributed by atoms with van der Waals surface area (Å²) in [6, 6.07) is 7.02. The Labute approximate surface area is 161 Å². The number of esters is 1. The van der Waals surface area contributed by atoms with Gasteiger partial charge in [-0.1, -0.05) is 11.6 Å². The average Bonchev–Trinajstić information content (AvgIpc) is 3.15. The van der Waals surface area contributed by atoms with Gasteiger partial charge in [0.1, 0.15) is 12.6 Å². The number of benzene rings is 1. The lowest BCUT2D eigenvalue weighted by atomic mass is 10.2. The van der Waals surface area contributed by atoms with Crippen LogP contribution in [0, 0.1) is 4.77 Å². The molecule has 26 heavy (non-hydrogen) atoms. The number of rotatable bonds is 5. The van der Waals surface area contributed by atoms with Gasteiger partial charge in [0, 0.05) is 23.6 Å². The molecule has 0 bridgehead atoms. The Morgan fingerprint density at radius 3 is 2.77 bits per heavy atom. The molecule has 2 heterocycles. The molecular formula is C17H22ClN4O3S+. The van der Waals surface area contributed by atoms with Crippen LogP contribution in [-0.4, -0.2) is 51.2 Å². The van der Waals surface area contributed by atoms with Crippen molar-refractivity contribution in [1.82, 2.24) is 14.3 Å². The van der Waals surface area contributed by atoms with Gasteiger partial charge < -0.3 is 19.3 Å². The van der Waals surface area contributed by atoms with Crippen LogP contribution in [0.2, 0.25) is 5.02 Å². The standard InChI is InChI=1S/C17H21ClN4O3S/c1-3-21-15(11-4-6-12(18)7-5-11)19-22(17(21)26)10-20-9-13(23)8-14(20)16(24)25-2/h4-7,13-14,23H,3,8-10H2,1-2H3/p+1/t13-,14-/m0/s1. The van der Waals surface area contributed by atoms with Crippen LogP contribution in [0.1, 0.15) is 13.3 Å². The first-order valence-corrected chi connectivity index (χ1v) is 9.27. The van der Waals surface area contributed by atoms with Crippen molar-refractivity contribution < 1.29 is 19.5 Å². The number of hydrogen-bond donors (Lipinski definition) is 2. The van der Waals surface area contributed by atoms with E-state index < -0.39 is 12.1 Å². The number of methoxy groups -OCH3 is 1. The third-order valence-electron chi connectivity index (χ3n) is 4.68. The van der Waals surface area contributed by atoms with Crippen LogP contribution in [0.3, 0.4) is 0 Å². The van der Waals surface area contributed by atoms with Crippen molar-refractivity contribution in [1.29, 1.82) is 0 Å². The van der Waals surface area contributed by atoms with Gasteiger partial charge in [-0.2, -0.15) is 4.68 Å². The lowest BCUT2D eigenvalue weighted by Gasteiger charge is -2.18. The second kappa shape index (κ2) is 7.87. The summed E-state index contributed by atoms with van der Waals surface area (Å²) in [5.41, 5.74) is 0.919. The minimum Gasteiger partial charge on any atom is -0.465 e. The van der Waals surface area contributed by atoms with Gasteiger partial charge in [-0.15, -0.1) is 5.10 Å². The zero-order valence-corrected chi connectivity index (χ0v) is 16.3. The van der Waals surface area contributed by atoms with E-state index in [0.717, 1.165) is 16.3 Å². The minimum absolute atomic E-state index is 0.323. The number of quaternary nitrogens is 1. The summed E-state index contributed by atoms with van der Waals surface area (Å²) < 4.78 is 9.10. The molecule has 1 unspecified atom stereocenters. The molecule has 9 heteroatoms. The average molecular weight is 398 g/mol. The molecule has 0 aliphatic carbocycles. The number of hydrogen-bond acceptors (Lipinski definition) is 5. The molecule has 140 valence electrons. The number of halogens is 1. The van der Waals surface area contributed by atoms with Crippen molar-refractivity contribution in [2.75, 3.05) is 13.7 Å². The predicted molar refractivity (Wildman–Crippen MR) is 99.4 cm³/mol. The van der Waals surface area contributed by atoms with Gasteiger partial charge in [-0.25, -0.2) is 4.79 Å². The van der Waals surface area contributed by atoms with E-state index in [9.17, 15) is 9.90 Å². The molecule has 0 saturated carbocycles. The predicted octanol–water partition coefficient (Wildman–Crippen LogP) is 0.903. The molecule has 0 amide bonds. The monoisotopic (exact) mass is 397 g/mol. The molecule has 1 fully saturated rings. The van der Waals surface area contributed by atoms with Gasteiger partial charge in [0.15, 0.2) is 18.5 Å². The number of carbonyl (C=O) groups excluding carboxylic acids is 1. The third kappa shape index (κ3) is 3.68. The summed E-state index contributed by atoms with van der Waals surface area (Å²) in [6.45, 7) is 3.53. The quantitative estimate of drug-likeness (QED) is 0.579. The zero-order valence-electron chi connectivity index (χ0n) is 14.7. The zero-order chi connectivity index (χ0) is 18.8. The Balaban J connectivity index is 1.92. The lowest BCUT2D eigenvalue weighted by Crippen LogP contribution is -3.14. The first kappa shape index (κ1) is 19.0. The summed E-state index contributed by atoms with van der Waals surface area (Å²) in [5, 5.41) is 15.3. The largest absolute Gasteiger partial charge is 0.465 e. The molecule has 2 aromatic rings. The third-order valence-corrected chi connectivity index (χ3v) is 5.36. The van der Waals surface area contributed by atoms with Gasteiger partial charge >= 0.3 is 5.97 Å². The number of ether oxygens (including phenoxy) is 1. The minimum atomic E-state index is -0.535. The fourth-order valence-electron chi connectivity index (χ4n) is 3.38. The Kier molecular flexibility index (Phi) is 5.76. The van der Waals surface area contributed by atoms with E-state index in [0.29, 0.717) is 36.0 Å². The second-order valence-electron chi connectivity index (χ2n) is 6.34. The molecule has 3 rings (SSSR count). The van der Waals surface area contributed by atoms with Crippen LogP contribution < -0.4 is 4.90 Å². The fraction of sp³-hybridized carbons (Fsp3) is 0.471. The second-order valence-corrected chi connectivity index (χ2v) is 7.14. The fourth-order valence-corrected chi connectivity index (χ4v) is 3.83. The highest BCUT2D eigenvalue weighted by Crippen LogP contribution is 2.20. The van der Waals surface area contributed by atoms with Crippen LogP contribution in [-0.2, 0) is 22.7 Å². The number of likely N-dealkylation sites (tertiary alicyclic amines) is 1. The maximum atomic E-state index is 12.0. The molecule has 1 aromatic heterocycles. The number of nitrogens with zero attached hydrogens (tertiary/aromatic N) is 3. The summed E-state index contributed by atoms with van der Waals surface area (Å²) >= 11 is 11.6. The summed E-state index contributed by atoms with van der Waals surface area (Å²) in [5.74, 6) is 0.429. The number of aliphatic hydroxyl groups is 1. The van der Waals surface area contributed by atoms with E-state index in [1.165, 1.54) is 7.11 Å². The Morgan fingerprint density at radius 2 is 2.15 bits per heavy atom. The van der Waals surface area contributed by atoms with Crippen molar-refractivity contribution in [3.63, 3.8) is 0 Å². The number of nitrogens with one attached hydrogen (secondary N) is 1. The smallest absolute Gasteiger partial charge is 0.364 e. The van der Waals surface area contributed by atoms with E-state index in [1.807, 2.05) is 35.8 Å². The van der Waals surface area contributed by atoms with Crippen LogP contribution in [0.5, 0.6) is 0 Å². The highest BCUT2D eigenvalue weighted by Gasteiger charge is 2.41. The molecule has 7 nitrogen and oxygen atoms in total. The van der Waals surface area contributed by atoms with Gasteiger partial charge in [-0.3, -0.25) is 0 Å². The van der Waals surface area contributed by atoms with Crippen LogP contribution in [0.25, 0.3) is 11.4 Å².